The molecule has 32 heavy (non-hydrogen) atoms. The number of H-pyrrole nitrogens is 1. The van der Waals surface area contributed by atoms with Gasteiger partial charge in [-0.15, -0.1) is 0 Å². The zero-order chi connectivity index (χ0) is 22.8. The number of methoxy groups -OCH3 is 1. The number of nitrogens with zero attached hydrogens (tertiary/aromatic N) is 3. The Balaban J connectivity index is 2.03. The average molecular weight is 451 g/mol. The summed E-state index contributed by atoms with van der Waals surface area (Å²) >= 11 is 6.27. The maximum atomic E-state index is 12.5. The molecular weight excluding hydrogens is 432 g/mol. The minimum atomic E-state index is -0.305. The molecule has 9 nitrogen and oxygen atoms in total. The van der Waals surface area contributed by atoms with Crippen LogP contribution < -0.4 is 15.4 Å². The van der Waals surface area contributed by atoms with Crippen molar-refractivity contribution >= 4 is 40.3 Å². The van der Waals surface area contributed by atoms with Crippen molar-refractivity contribution in [3.63, 3.8) is 0 Å². The van der Waals surface area contributed by atoms with Crippen LogP contribution in [0.5, 0.6) is 5.88 Å². The molecule has 0 saturated carbocycles. The molecule has 4 heterocycles. The lowest BCUT2D eigenvalue weighted by molar-refractivity contribution is -0.114. The fraction of sp³-hybridized carbons (Fsp3) is 0.136. The molecule has 3 N–H and O–H groups in total. The SMILES string of the molecule is CNC(=O)c1cc(Cl)nc2c(-c3ccc(OC)nc3)c(-c3ccnc(NC(C)=O)c3)[nH]c12. The minimum Gasteiger partial charge on any atom is -0.481 e. The Morgan fingerprint density at radius 2 is 1.94 bits per heavy atom. The second kappa shape index (κ2) is 8.64. The molecule has 0 unspecified atom stereocenters. The van der Waals surface area contributed by atoms with Gasteiger partial charge in [0.1, 0.15) is 11.0 Å². The van der Waals surface area contributed by atoms with Gasteiger partial charge >= 0.3 is 0 Å². The van der Waals surface area contributed by atoms with Crippen LogP contribution in [0.4, 0.5) is 5.82 Å². The van der Waals surface area contributed by atoms with Crippen LogP contribution in [0.25, 0.3) is 33.4 Å². The molecule has 0 fully saturated rings. The van der Waals surface area contributed by atoms with Crippen LogP contribution in [0.2, 0.25) is 5.15 Å². The van der Waals surface area contributed by atoms with Gasteiger partial charge < -0.3 is 20.4 Å². The van der Waals surface area contributed by atoms with E-state index in [9.17, 15) is 9.59 Å². The minimum absolute atomic E-state index is 0.179. The zero-order valence-corrected chi connectivity index (χ0v) is 18.2. The van der Waals surface area contributed by atoms with Crippen molar-refractivity contribution < 1.29 is 14.3 Å². The first-order valence-corrected chi connectivity index (χ1v) is 9.97. The van der Waals surface area contributed by atoms with Crippen molar-refractivity contribution in [3.05, 3.63) is 53.4 Å². The van der Waals surface area contributed by atoms with Crippen LogP contribution in [-0.2, 0) is 4.79 Å². The number of aromatic amines is 1. The maximum absolute atomic E-state index is 12.5. The lowest BCUT2D eigenvalue weighted by atomic mass is 10.0. The number of hydrogen-bond donors (Lipinski definition) is 3. The van der Waals surface area contributed by atoms with E-state index in [2.05, 4.69) is 30.6 Å². The largest absolute Gasteiger partial charge is 0.481 e. The van der Waals surface area contributed by atoms with Gasteiger partial charge in [-0.05, 0) is 24.3 Å². The fourth-order valence-electron chi connectivity index (χ4n) is 3.42. The summed E-state index contributed by atoms with van der Waals surface area (Å²) in [6.07, 6.45) is 3.24. The second-order valence-corrected chi connectivity index (χ2v) is 7.26. The van der Waals surface area contributed by atoms with Crippen LogP contribution in [0.1, 0.15) is 17.3 Å². The Kier molecular flexibility index (Phi) is 5.74. The molecule has 2 amide bonds. The van der Waals surface area contributed by atoms with E-state index in [0.29, 0.717) is 39.6 Å². The first-order chi connectivity index (χ1) is 15.4. The molecule has 162 valence electrons. The molecule has 4 aromatic heterocycles. The lowest BCUT2D eigenvalue weighted by Crippen LogP contribution is -2.18. The number of hydrogen-bond acceptors (Lipinski definition) is 6. The van der Waals surface area contributed by atoms with E-state index in [-0.39, 0.29) is 17.0 Å². The molecule has 4 aromatic rings. The topological polar surface area (TPSA) is 122 Å². The van der Waals surface area contributed by atoms with Crippen LogP contribution in [0.15, 0.2) is 42.7 Å². The molecule has 0 atom stereocenters. The number of rotatable bonds is 5. The van der Waals surface area contributed by atoms with Gasteiger partial charge in [0.2, 0.25) is 11.8 Å². The van der Waals surface area contributed by atoms with Gasteiger partial charge in [0.05, 0.1) is 29.4 Å². The van der Waals surface area contributed by atoms with Gasteiger partial charge in [-0.1, -0.05) is 11.6 Å². The fourth-order valence-corrected chi connectivity index (χ4v) is 3.62. The Labute approximate surface area is 188 Å². The molecule has 0 radical (unpaired) electrons. The molecule has 4 rings (SSSR count). The highest BCUT2D eigenvalue weighted by atomic mass is 35.5. The molecule has 0 saturated heterocycles. The summed E-state index contributed by atoms with van der Waals surface area (Å²) in [7, 11) is 3.08. The number of amides is 2. The number of pyridine rings is 3. The van der Waals surface area contributed by atoms with E-state index in [4.69, 9.17) is 16.3 Å². The third-order valence-electron chi connectivity index (χ3n) is 4.78. The number of carbonyl (C=O) groups is 2. The first-order valence-electron chi connectivity index (χ1n) is 9.60. The first kappa shape index (κ1) is 21.3. The van der Waals surface area contributed by atoms with E-state index in [0.717, 1.165) is 11.1 Å². The molecule has 10 heteroatoms. The summed E-state index contributed by atoms with van der Waals surface area (Å²) in [5.74, 6) is 0.315. The van der Waals surface area contributed by atoms with Crippen LogP contribution in [0.3, 0.4) is 0 Å². The van der Waals surface area contributed by atoms with E-state index >= 15 is 0 Å². The van der Waals surface area contributed by atoms with E-state index in [1.165, 1.54) is 20.1 Å². The second-order valence-electron chi connectivity index (χ2n) is 6.87. The normalized spacial score (nSPS) is 10.8. The van der Waals surface area contributed by atoms with Crippen LogP contribution >= 0.6 is 11.6 Å². The standard InChI is InChI=1S/C22H19ClN6O3/c1-11(30)27-16-8-12(6-7-25-16)19-18(13-4-5-17(32-3)26-10-13)21-20(29-19)14(22(31)24-2)9-15(23)28-21/h4-10,29H,1-3H3,(H,24,31)(H,25,27,30). The number of ether oxygens (including phenoxy) is 1. The van der Waals surface area contributed by atoms with Crippen molar-refractivity contribution in [1.29, 1.82) is 0 Å². The summed E-state index contributed by atoms with van der Waals surface area (Å²) in [5.41, 5.74) is 4.22. The van der Waals surface area contributed by atoms with E-state index in [1.807, 2.05) is 6.07 Å². The average Bonchev–Trinajstić information content (AvgIpc) is 3.17. The Morgan fingerprint density at radius 1 is 1.12 bits per heavy atom. The summed E-state index contributed by atoms with van der Waals surface area (Å²) in [6.45, 7) is 1.41. The van der Waals surface area contributed by atoms with E-state index < -0.39 is 0 Å². The van der Waals surface area contributed by atoms with Crippen molar-refractivity contribution in [2.75, 3.05) is 19.5 Å². The maximum Gasteiger partial charge on any atom is 0.253 e. The Hall–Kier alpha value is -3.98. The Morgan fingerprint density at radius 3 is 2.59 bits per heavy atom. The summed E-state index contributed by atoms with van der Waals surface area (Å²) < 4.78 is 5.17. The Bertz CT molecular complexity index is 1330. The third kappa shape index (κ3) is 3.97. The number of carbonyl (C=O) groups excluding carboxylic acids is 2. The predicted molar refractivity (Wildman–Crippen MR) is 122 cm³/mol. The molecule has 0 aliphatic carbocycles. The summed E-state index contributed by atoms with van der Waals surface area (Å²) in [4.78, 5) is 40.3. The quantitative estimate of drug-likeness (QED) is 0.399. The highest BCUT2D eigenvalue weighted by molar-refractivity contribution is 6.30. The highest BCUT2D eigenvalue weighted by Gasteiger charge is 2.22. The smallest absolute Gasteiger partial charge is 0.253 e. The van der Waals surface area contributed by atoms with Crippen molar-refractivity contribution in [3.8, 4) is 28.3 Å². The van der Waals surface area contributed by atoms with Gasteiger partial charge in [-0.2, -0.15) is 0 Å². The van der Waals surface area contributed by atoms with Gasteiger partial charge in [0, 0.05) is 49.1 Å². The number of aromatic nitrogens is 4. The van der Waals surface area contributed by atoms with Crippen molar-refractivity contribution in [1.82, 2.24) is 25.3 Å². The molecular formula is C22H19ClN6O3. The van der Waals surface area contributed by atoms with Gasteiger partial charge in [-0.3, -0.25) is 9.59 Å². The number of halogens is 1. The monoisotopic (exact) mass is 450 g/mol. The lowest BCUT2D eigenvalue weighted by Gasteiger charge is -2.08. The van der Waals surface area contributed by atoms with Gasteiger partial charge in [0.15, 0.2) is 0 Å². The van der Waals surface area contributed by atoms with Crippen molar-refractivity contribution in [2.24, 2.45) is 0 Å². The molecule has 0 spiro atoms. The number of fused-ring (bicyclic) bond motifs is 1. The number of anilines is 1. The number of nitrogens with one attached hydrogen (secondary N) is 3. The van der Waals surface area contributed by atoms with Crippen molar-refractivity contribution in [2.45, 2.75) is 6.92 Å². The summed E-state index contributed by atoms with van der Waals surface area (Å²) in [5, 5.41) is 5.48. The summed E-state index contributed by atoms with van der Waals surface area (Å²) in [6, 6.07) is 8.60. The van der Waals surface area contributed by atoms with Crippen LogP contribution in [-0.4, -0.2) is 45.9 Å². The van der Waals surface area contributed by atoms with Gasteiger partial charge in [-0.25, -0.2) is 15.0 Å². The zero-order valence-electron chi connectivity index (χ0n) is 17.5. The third-order valence-corrected chi connectivity index (χ3v) is 4.98. The molecule has 0 aliphatic rings. The predicted octanol–water partition coefficient (Wildman–Crippen LogP) is 3.67. The van der Waals surface area contributed by atoms with Gasteiger partial charge in [0.25, 0.3) is 5.91 Å². The highest BCUT2D eigenvalue weighted by Crippen LogP contribution is 2.39. The van der Waals surface area contributed by atoms with E-state index in [1.54, 1.807) is 37.6 Å². The molecule has 0 aliphatic heterocycles. The molecule has 0 bridgehead atoms. The van der Waals surface area contributed by atoms with Crippen LogP contribution in [0, 0.1) is 0 Å². The molecule has 0 aromatic carbocycles.